The van der Waals surface area contributed by atoms with Crippen molar-refractivity contribution in [2.75, 3.05) is 26.2 Å². The van der Waals surface area contributed by atoms with E-state index in [4.69, 9.17) is 4.42 Å². The molecule has 2 amide bonds. The van der Waals surface area contributed by atoms with Crippen molar-refractivity contribution in [3.8, 4) is 0 Å². The van der Waals surface area contributed by atoms with E-state index in [9.17, 15) is 19.2 Å². The van der Waals surface area contributed by atoms with Gasteiger partial charge in [-0.2, -0.15) is 0 Å². The van der Waals surface area contributed by atoms with Crippen LogP contribution in [0.15, 0.2) is 56.7 Å². The number of aromatic nitrogens is 2. The Morgan fingerprint density at radius 3 is 2.30 bits per heavy atom. The van der Waals surface area contributed by atoms with E-state index in [0.717, 1.165) is 4.57 Å². The minimum absolute atomic E-state index is 0.161. The Morgan fingerprint density at radius 1 is 0.933 bits per heavy atom. The third kappa shape index (κ3) is 3.42. The molecule has 30 heavy (non-hydrogen) atoms. The molecule has 0 N–H and O–H groups in total. The molecule has 3 aromatic rings. The van der Waals surface area contributed by atoms with Gasteiger partial charge in [0.25, 0.3) is 11.5 Å². The van der Waals surface area contributed by atoms with Gasteiger partial charge in [0.2, 0.25) is 5.91 Å². The lowest BCUT2D eigenvalue weighted by atomic mass is 10.2. The van der Waals surface area contributed by atoms with Crippen molar-refractivity contribution in [2.24, 2.45) is 0 Å². The van der Waals surface area contributed by atoms with Gasteiger partial charge in [-0.15, -0.1) is 0 Å². The van der Waals surface area contributed by atoms with Crippen LogP contribution in [0.5, 0.6) is 0 Å². The van der Waals surface area contributed by atoms with Gasteiger partial charge in [0.05, 0.1) is 17.2 Å². The Hall–Kier alpha value is -3.62. The molecule has 9 heteroatoms. The molecule has 4 rings (SSSR count). The first-order valence-electron chi connectivity index (χ1n) is 9.84. The molecule has 0 bridgehead atoms. The number of nitrogens with zero attached hydrogens (tertiary/aromatic N) is 4. The van der Waals surface area contributed by atoms with Gasteiger partial charge in [-0.3, -0.25) is 23.5 Å². The molecule has 9 nitrogen and oxygen atoms in total. The summed E-state index contributed by atoms with van der Waals surface area (Å²) in [5.41, 5.74) is -0.412. The van der Waals surface area contributed by atoms with E-state index >= 15 is 0 Å². The van der Waals surface area contributed by atoms with E-state index < -0.39 is 5.69 Å². The van der Waals surface area contributed by atoms with Crippen LogP contribution in [0.1, 0.15) is 17.5 Å². The van der Waals surface area contributed by atoms with E-state index in [1.165, 1.54) is 10.8 Å². The van der Waals surface area contributed by atoms with Crippen LogP contribution in [0.3, 0.4) is 0 Å². The zero-order chi connectivity index (χ0) is 21.3. The highest BCUT2D eigenvalue weighted by molar-refractivity contribution is 5.91. The minimum Gasteiger partial charge on any atom is -0.459 e. The fourth-order valence-electron chi connectivity index (χ4n) is 3.75. The van der Waals surface area contributed by atoms with Crippen LogP contribution in [-0.4, -0.2) is 56.9 Å². The number of rotatable bonds is 4. The molecule has 2 aromatic heterocycles. The van der Waals surface area contributed by atoms with E-state index in [1.54, 1.807) is 53.1 Å². The lowest BCUT2D eigenvalue weighted by Crippen LogP contribution is -2.52. The van der Waals surface area contributed by atoms with Crippen LogP contribution in [0, 0.1) is 0 Å². The molecule has 156 valence electrons. The van der Waals surface area contributed by atoms with Gasteiger partial charge < -0.3 is 14.2 Å². The lowest BCUT2D eigenvalue weighted by molar-refractivity contribution is -0.133. The largest absolute Gasteiger partial charge is 0.459 e. The summed E-state index contributed by atoms with van der Waals surface area (Å²) >= 11 is 0. The van der Waals surface area contributed by atoms with Gasteiger partial charge in [0.1, 0.15) is 6.54 Å². The molecule has 0 saturated carbocycles. The van der Waals surface area contributed by atoms with Crippen molar-refractivity contribution in [1.82, 2.24) is 18.9 Å². The number of carbonyl (C=O) groups excluding carboxylic acids is 2. The zero-order valence-electron chi connectivity index (χ0n) is 16.6. The molecule has 0 atom stereocenters. The number of benzene rings is 1. The number of hydrogen-bond donors (Lipinski definition) is 0. The molecule has 3 heterocycles. The van der Waals surface area contributed by atoms with Crippen molar-refractivity contribution in [1.29, 1.82) is 0 Å². The summed E-state index contributed by atoms with van der Waals surface area (Å²) in [7, 11) is 0. The lowest BCUT2D eigenvalue weighted by Gasteiger charge is -2.34. The summed E-state index contributed by atoms with van der Waals surface area (Å²) in [5, 5.41) is 0.403. The number of para-hydroxylation sites is 1. The Bertz CT molecular complexity index is 1200. The van der Waals surface area contributed by atoms with Gasteiger partial charge in [0, 0.05) is 32.7 Å². The second kappa shape index (κ2) is 8.02. The highest BCUT2D eigenvalue weighted by Gasteiger charge is 2.26. The number of piperazine rings is 1. The summed E-state index contributed by atoms with van der Waals surface area (Å²) in [6.45, 7) is 3.29. The van der Waals surface area contributed by atoms with Crippen LogP contribution in [0.2, 0.25) is 0 Å². The highest BCUT2D eigenvalue weighted by Crippen LogP contribution is 2.11. The average Bonchev–Trinajstić information content (AvgIpc) is 3.31. The maximum absolute atomic E-state index is 12.9. The fourth-order valence-corrected chi connectivity index (χ4v) is 3.75. The third-order valence-corrected chi connectivity index (χ3v) is 5.39. The average molecular weight is 410 g/mol. The summed E-state index contributed by atoms with van der Waals surface area (Å²) < 4.78 is 7.63. The molecular weight excluding hydrogens is 388 g/mol. The highest BCUT2D eigenvalue weighted by atomic mass is 16.3. The van der Waals surface area contributed by atoms with E-state index in [1.807, 2.05) is 0 Å². The monoisotopic (exact) mass is 410 g/mol. The first-order valence-corrected chi connectivity index (χ1v) is 9.84. The Morgan fingerprint density at radius 2 is 1.63 bits per heavy atom. The van der Waals surface area contributed by atoms with E-state index in [2.05, 4.69) is 0 Å². The number of amides is 2. The molecular formula is C21H22N4O5. The van der Waals surface area contributed by atoms with Crippen LogP contribution in [0.25, 0.3) is 10.9 Å². The Kier molecular flexibility index (Phi) is 5.26. The molecule has 0 spiro atoms. The van der Waals surface area contributed by atoms with Crippen molar-refractivity contribution in [3.05, 3.63) is 69.3 Å². The molecule has 0 radical (unpaired) electrons. The van der Waals surface area contributed by atoms with Crippen LogP contribution in [-0.2, 0) is 17.9 Å². The first kappa shape index (κ1) is 19.7. The number of hydrogen-bond acceptors (Lipinski definition) is 5. The van der Waals surface area contributed by atoms with Gasteiger partial charge in [-0.25, -0.2) is 4.79 Å². The number of fused-ring (bicyclic) bond motifs is 1. The second-order valence-electron chi connectivity index (χ2n) is 7.09. The molecule has 1 aliphatic rings. The number of carbonyl (C=O) groups is 2. The maximum atomic E-state index is 12.9. The first-order chi connectivity index (χ1) is 14.5. The summed E-state index contributed by atoms with van der Waals surface area (Å²) in [6.07, 6.45) is 1.45. The van der Waals surface area contributed by atoms with Crippen LogP contribution in [0.4, 0.5) is 0 Å². The third-order valence-electron chi connectivity index (χ3n) is 5.39. The van der Waals surface area contributed by atoms with Crippen LogP contribution >= 0.6 is 0 Å². The molecule has 0 unspecified atom stereocenters. The van der Waals surface area contributed by atoms with E-state index in [0.29, 0.717) is 37.1 Å². The molecule has 1 fully saturated rings. The topological polar surface area (TPSA) is 97.8 Å². The minimum atomic E-state index is -0.499. The second-order valence-corrected chi connectivity index (χ2v) is 7.09. The standard InChI is InChI=1S/C21H22N4O5/c1-2-24-19(27)15-6-3-4-7-16(15)25(21(24)29)14-18(26)22-9-11-23(12-10-22)20(28)17-8-5-13-30-17/h3-8,13H,2,9-12,14H2,1H3. The summed E-state index contributed by atoms with van der Waals surface area (Å²) in [6, 6.07) is 10.1. The molecule has 1 saturated heterocycles. The van der Waals surface area contributed by atoms with Gasteiger partial charge in [-0.05, 0) is 31.2 Å². The maximum Gasteiger partial charge on any atom is 0.331 e. The van der Waals surface area contributed by atoms with Crippen molar-refractivity contribution in [3.63, 3.8) is 0 Å². The Labute approximate surface area is 171 Å². The number of furan rings is 1. The fraction of sp³-hybridized carbons (Fsp3) is 0.333. The van der Waals surface area contributed by atoms with Gasteiger partial charge >= 0.3 is 5.69 Å². The summed E-state index contributed by atoms with van der Waals surface area (Å²) in [4.78, 5) is 53.9. The van der Waals surface area contributed by atoms with Crippen LogP contribution < -0.4 is 11.2 Å². The summed E-state index contributed by atoms with van der Waals surface area (Å²) in [5.74, 6) is -0.160. The van der Waals surface area contributed by atoms with Crippen molar-refractivity contribution in [2.45, 2.75) is 20.0 Å². The van der Waals surface area contributed by atoms with E-state index in [-0.39, 0.29) is 36.2 Å². The SMILES string of the molecule is CCn1c(=O)c2ccccc2n(CC(=O)N2CCN(C(=O)c3ccco3)CC2)c1=O. The molecule has 1 aromatic carbocycles. The molecule has 0 aliphatic carbocycles. The Balaban J connectivity index is 1.53. The van der Waals surface area contributed by atoms with Crippen molar-refractivity contribution >= 4 is 22.7 Å². The smallest absolute Gasteiger partial charge is 0.331 e. The zero-order valence-corrected chi connectivity index (χ0v) is 16.6. The normalized spacial score (nSPS) is 14.3. The van der Waals surface area contributed by atoms with Gasteiger partial charge in [-0.1, -0.05) is 12.1 Å². The van der Waals surface area contributed by atoms with Crippen molar-refractivity contribution < 1.29 is 14.0 Å². The van der Waals surface area contributed by atoms with Gasteiger partial charge in [0.15, 0.2) is 5.76 Å². The quantitative estimate of drug-likeness (QED) is 0.633. The molecule has 1 aliphatic heterocycles. The predicted octanol–water partition coefficient (Wildman–Crippen LogP) is 0.761. The predicted molar refractivity (Wildman–Crippen MR) is 109 cm³/mol.